The molecule has 0 saturated heterocycles. The molecule has 2 aromatic heterocycles. The molecule has 1 amide bonds. The minimum atomic E-state index is -4.37. The molecule has 6 nitrogen and oxygen atoms in total. The van der Waals surface area contributed by atoms with Crippen molar-refractivity contribution in [1.82, 2.24) is 5.32 Å². The molecular formula is C24H17ClF2N3O3S2+. The minimum absolute atomic E-state index is 0.0486. The van der Waals surface area contributed by atoms with E-state index in [4.69, 9.17) is 11.6 Å². The number of fused-ring (bicyclic) bond motifs is 1. The number of hydrogen-bond acceptors (Lipinski definition) is 4. The van der Waals surface area contributed by atoms with Crippen LogP contribution in [0.2, 0.25) is 5.15 Å². The number of thiophene rings is 1. The van der Waals surface area contributed by atoms with Gasteiger partial charge in [-0.25, -0.2) is 17.2 Å². The van der Waals surface area contributed by atoms with Gasteiger partial charge in [-0.2, -0.15) is 4.57 Å². The fourth-order valence-electron chi connectivity index (χ4n) is 3.84. The maximum absolute atomic E-state index is 14.1. The number of sulfonamides is 1. The molecule has 0 spiro atoms. The topological polar surface area (TPSA) is 79.2 Å². The first-order valence-corrected chi connectivity index (χ1v) is 13.0. The average molecular weight is 533 g/mol. The molecule has 35 heavy (non-hydrogen) atoms. The molecule has 0 aliphatic carbocycles. The van der Waals surface area contributed by atoms with E-state index >= 15 is 0 Å². The lowest BCUT2D eigenvalue weighted by Gasteiger charge is -2.10. The van der Waals surface area contributed by atoms with Crippen LogP contribution < -0.4 is 14.6 Å². The van der Waals surface area contributed by atoms with Crippen molar-refractivity contribution in [1.29, 1.82) is 0 Å². The summed E-state index contributed by atoms with van der Waals surface area (Å²) < 4.78 is 56.8. The van der Waals surface area contributed by atoms with E-state index in [1.807, 2.05) is 24.3 Å². The molecule has 178 valence electrons. The van der Waals surface area contributed by atoms with Gasteiger partial charge in [0.25, 0.3) is 21.1 Å². The predicted octanol–water partition coefficient (Wildman–Crippen LogP) is 4.88. The Kier molecular flexibility index (Phi) is 5.82. The van der Waals surface area contributed by atoms with Gasteiger partial charge in [-0.15, -0.1) is 11.3 Å². The molecule has 4 aromatic rings. The first-order valence-electron chi connectivity index (χ1n) is 10.3. The number of carbonyl (C=O) groups is 1. The van der Waals surface area contributed by atoms with Crippen LogP contribution in [0.1, 0.15) is 15.9 Å². The Morgan fingerprint density at radius 2 is 1.77 bits per heavy atom. The molecule has 3 heterocycles. The number of nitrogens with zero attached hydrogens (tertiary/aromatic N) is 1. The molecule has 0 unspecified atom stereocenters. The SMILES string of the molecule is C[n+]1cc(-c2ccc(-c3ccc4c(c3)CNC4=O)s2)cc(NS(=O)(=O)c2ccc(F)cc2F)c1Cl. The van der Waals surface area contributed by atoms with Crippen molar-refractivity contribution < 1.29 is 26.6 Å². The van der Waals surface area contributed by atoms with Gasteiger partial charge >= 0.3 is 0 Å². The zero-order valence-electron chi connectivity index (χ0n) is 18.1. The van der Waals surface area contributed by atoms with Crippen LogP contribution in [-0.4, -0.2) is 14.3 Å². The number of benzene rings is 2. The normalized spacial score (nSPS) is 13.0. The number of hydrogen-bond donors (Lipinski definition) is 2. The number of anilines is 1. The summed E-state index contributed by atoms with van der Waals surface area (Å²) in [6, 6.07) is 13.3. The first-order chi connectivity index (χ1) is 16.6. The highest BCUT2D eigenvalue weighted by Gasteiger charge is 2.25. The number of carbonyl (C=O) groups excluding carboxylic acids is 1. The van der Waals surface area contributed by atoms with E-state index < -0.39 is 26.6 Å². The highest BCUT2D eigenvalue weighted by Crippen LogP contribution is 2.37. The van der Waals surface area contributed by atoms with Crippen LogP contribution in [0.15, 0.2) is 65.7 Å². The standard InChI is InChI=1S/C24H16ClF2N3O3S2/c1-30-12-15(9-19(23(30)25)29-35(32,33)22-7-3-16(26)10-18(22)27)21-6-5-20(34-21)13-2-4-17-14(8-13)11-28-24(17)31/h2-10,12,29H,11H2,1H3/p+1. The Hall–Kier alpha value is -3.34. The second-order valence-electron chi connectivity index (χ2n) is 7.94. The molecule has 11 heteroatoms. The summed E-state index contributed by atoms with van der Waals surface area (Å²) in [7, 11) is -2.71. The highest BCUT2D eigenvalue weighted by molar-refractivity contribution is 7.92. The monoisotopic (exact) mass is 532 g/mol. The summed E-state index contributed by atoms with van der Waals surface area (Å²) in [5.74, 6) is -2.17. The third-order valence-electron chi connectivity index (χ3n) is 5.56. The fraction of sp³-hybridized carbons (Fsp3) is 0.0833. The largest absolute Gasteiger partial charge is 0.348 e. The second kappa shape index (κ2) is 8.71. The maximum Gasteiger partial charge on any atom is 0.299 e. The van der Waals surface area contributed by atoms with Gasteiger partial charge in [0.05, 0.1) is 5.56 Å². The highest BCUT2D eigenvalue weighted by atomic mass is 35.5. The van der Waals surface area contributed by atoms with Gasteiger partial charge in [0.2, 0.25) is 0 Å². The molecule has 0 saturated carbocycles. The molecule has 0 radical (unpaired) electrons. The lowest BCUT2D eigenvalue weighted by atomic mass is 10.1. The number of aryl methyl sites for hydroxylation is 1. The Bertz CT molecular complexity index is 1620. The zero-order chi connectivity index (χ0) is 24.9. The molecule has 0 fully saturated rings. The van der Waals surface area contributed by atoms with Crippen LogP contribution in [0.5, 0.6) is 0 Å². The van der Waals surface area contributed by atoms with Crippen LogP contribution >= 0.6 is 22.9 Å². The van der Waals surface area contributed by atoms with Crippen LogP contribution in [0.4, 0.5) is 14.5 Å². The smallest absolute Gasteiger partial charge is 0.299 e. The average Bonchev–Trinajstić information content (AvgIpc) is 3.43. The summed E-state index contributed by atoms with van der Waals surface area (Å²) in [4.78, 5) is 12.9. The number of aromatic nitrogens is 1. The van der Waals surface area contributed by atoms with E-state index in [2.05, 4.69) is 10.0 Å². The number of nitrogens with one attached hydrogen (secondary N) is 2. The van der Waals surface area contributed by atoms with Gasteiger partial charge in [0, 0.05) is 27.9 Å². The third-order valence-corrected chi connectivity index (χ3v) is 8.61. The first kappa shape index (κ1) is 23.4. The minimum Gasteiger partial charge on any atom is -0.348 e. The Labute approximate surface area is 208 Å². The van der Waals surface area contributed by atoms with Gasteiger partial charge in [-0.1, -0.05) is 6.07 Å². The molecule has 0 atom stereocenters. The van der Waals surface area contributed by atoms with Crippen molar-refractivity contribution in [2.24, 2.45) is 7.05 Å². The molecule has 0 bridgehead atoms. The Balaban J connectivity index is 1.48. The van der Waals surface area contributed by atoms with Gasteiger partial charge in [-0.05, 0) is 65.2 Å². The van der Waals surface area contributed by atoms with Gasteiger partial charge < -0.3 is 5.32 Å². The summed E-state index contributed by atoms with van der Waals surface area (Å²) in [6.45, 7) is 0.491. The molecule has 2 aromatic carbocycles. The predicted molar refractivity (Wildman–Crippen MR) is 130 cm³/mol. The molecule has 2 N–H and O–H groups in total. The number of halogens is 3. The summed E-state index contributed by atoms with van der Waals surface area (Å²) in [5.41, 5.74) is 3.30. The van der Waals surface area contributed by atoms with Crippen molar-refractivity contribution in [3.05, 3.63) is 88.7 Å². The van der Waals surface area contributed by atoms with Crippen LogP contribution in [0, 0.1) is 11.6 Å². The summed E-state index contributed by atoms with van der Waals surface area (Å²) >= 11 is 7.82. The van der Waals surface area contributed by atoms with Gasteiger partial charge in [-0.3, -0.25) is 9.52 Å². The maximum atomic E-state index is 14.1. The van der Waals surface area contributed by atoms with E-state index in [-0.39, 0.29) is 16.7 Å². The van der Waals surface area contributed by atoms with Crippen molar-refractivity contribution in [2.75, 3.05) is 4.72 Å². The van der Waals surface area contributed by atoms with Gasteiger partial charge in [0.15, 0.2) is 6.20 Å². The van der Waals surface area contributed by atoms with Crippen molar-refractivity contribution in [3.63, 3.8) is 0 Å². The summed E-state index contributed by atoms with van der Waals surface area (Å²) in [6.07, 6.45) is 1.75. The molecule has 5 rings (SSSR count). The van der Waals surface area contributed by atoms with Crippen LogP contribution in [0.25, 0.3) is 20.9 Å². The Morgan fingerprint density at radius 3 is 2.51 bits per heavy atom. The molecule has 1 aliphatic heterocycles. The number of pyridine rings is 1. The lowest BCUT2D eigenvalue weighted by molar-refractivity contribution is -0.668. The zero-order valence-corrected chi connectivity index (χ0v) is 20.5. The van der Waals surface area contributed by atoms with E-state index in [9.17, 15) is 22.0 Å². The lowest BCUT2D eigenvalue weighted by Crippen LogP contribution is -2.31. The quantitative estimate of drug-likeness (QED) is 0.284. The van der Waals surface area contributed by atoms with Crippen LogP contribution in [-0.2, 0) is 23.6 Å². The van der Waals surface area contributed by atoms with E-state index in [0.29, 0.717) is 23.7 Å². The van der Waals surface area contributed by atoms with Crippen LogP contribution in [0.3, 0.4) is 0 Å². The molecular weight excluding hydrogens is 516 g/mol. The number of rotatable bonds is 5. The second-order valence-corrected chi connectivity index (χ2v) is 11.0. The number of amides is 1. The fourth-order valence-corrected chi connectivity index (χ4v) is 6.15. The van der Waals surface area contributed by atoms with Gasteiger partial charge in [0.1, 0.15) is 29.3 Å². The van der Waals surface area contributed by atoms with E-state index in [0.717, 1.165) is 33.0 Å². The third kappa shape index (κ3) is 4.40. The molecule has 1 aliphatic rings. The van der Waals surface area contributed by atoms with Crippen molar-refractivity contribution in [3.8, 4) is 20.9 Å². The van der Waals surface area contributed by atoms with Crippen molar-refractivity contribution >= 4 is 44.6 Å². The Morgan fingerprint density at radius 1 is 1.03 bits per heavy atom. The van der Waals surface area contributed by atoms with E-state index in [1.54, 1.807) is 29.9 Å². The summed E-state index contributed by atoms with van der Waals surface area (Å²) in [5, 5.41) is 2.89. The van der Waals surface area contributed by atoms with Crippen molar-refractivity contribution in [2.45, 2.75) is 11.4 Å². The van der Waals surface area contributed by atoms with E-state index in [1.165, 1.54) is 11.3 Å².